The molecule has 2 nitrogen and oxygen atoms in total. The summed E-state index contributed by atoms with van der Waals surface area (Å²) in [6.07, 6.45) is 44.4. The zero-order valence-electron chi connectivity index (χ0n) is 26.8. The summed E-state index contributed by atoms with van der Waals surface area (Å²) >= 11 is 0. The highest BCUT2D eigenvalue weighted by atomic mass is 15.1. The first-order valence-corrected chi connectivity index (χ1v) is 17.9. The van der Waals surface area contributed by atoms with Gasteiger partial charge >= 0.3 is 0 Å². The van der Waals surface area contributed by atoms with Crippen LogP contribution in [-0.4, -0.2) is 4.57 Å². The van der Waals surface area contributed by atoms with E-state index in [1.807, 2.05) is 0 Å². The quantitative estimate of drug-likeness (QED) is 0.0689. The summed E-state index contributed by atoms with van der Waals surface area (Å²) < 4.78 is 5.24. The molecule has 0 fully saturated rings. The lowest BCUT2D eigenvalue weighted by atomic mass is 10.0. The zero-order valence-corrected chi connectivity index (χ0v) is 26.8. The Morgan fingerprint density at radius 3 is 1.26 bits per heavy atom. The number of nitrogens with zero attached hydrogens (tertiary/aromatic N) is 2. The summed E-state index contributed by atoms with van der Waals surface area (Å²) in [5.41, 5.74) is 0. The molecule has 1 rings (SSSR count). The van der Waals surface area contributed by atoms with Crippen LogP contribution in [0.5, 0.6) is 0 Å². The van der Waals surface area contributed by atoms with Crippen LogP contribution in [0.3, 0.4) is 0 Å². The van der Waals surface area contributed by atoms with Crippen LogP contribution in [0.2, 0.25) is 0 Å². The van der Waals surface area contributed by atoms with Crippen LogP contribution in [0.15, 0.2) is 12.4 Å². The predicted octanol–water partition coefficient (Wildman–Crippen LogP) is 11.9. The van der Waals surface area contributed by atoms with Crippen molar-refractivity contribution in [2.24, 2.45) is 0 Å². The molecule has 0 aliphatic heterocycles. The van der Waals surface area contributed by atoms with Crippen molar-refractivity contribution in [1.29, 1.82) is 0 Å². The predicted molar refractivity (Wildman–Crippen MR) is 170 cm³/mol. The topological polar surface area (TPSA) is 8.81 Å². The van der Waals surface area contributed by atoms with Crippen LogP contribution in [0.25, 0.3) is 0 Å². The third-order valence-electron chi connectivity index (χ3n) is 8.60. The summed E-state index contributed by atoms with van der Waals surface area (Å²) in [5.74, 6) is 1.61. The van der Waals surface area contributed by atoms with E-state index < -0.39 is 0 Å². The second-order valence-electron chi connectivity index (χ2n) is 12.3. The standard InChI is InChI=1S/C36H71N2/c1-4-7-10-13-16-18-19-20-21-22-24-27-30-33-38-35-34-37(32-29-26-15-12-9-6-3)36(38)31-28-25-23-17-14-11-8-5-2/h34-35H,4-33H2,1-3H3/q+1. The first-order chi connectivity index (χ1) is 18.8. The van der Waals surface area contributed by atoms with Crippen molar-refractivity contribution in [1.82, 2.24) is 4.57 Å². The molecule has 0 aliphatic rings. The lowest BCUT2D eigenvalue weighted by Crippen LogP contribution is -2.37. The number of hydrogen-bond acceptors (Lipinski definition) is 0. The second kappa shape index (κ2) is 27.8. The van der Waals surface area contributed by atoms with Gasteiger partial charge in [-0.25, -0.2) is 9.13 Å². The van der Waals surface area contributed by atoms with Crippen molar-refractivity contribution in [3.8, 4) is 0 Å². The van der Waals surface area contributed by atoms with Crippen molar-refractivity contribution in [2.45, 2.75) is 214 Å². The smallest absolute Gasteiger partial charge is 0.234 e. The maximum Gasteiger partial charge on any atom is 0.256 e. The lowest BCUT2D eigenvalue weighted by Gasteiger charge is -2.07. The first kappa shape index (κ1) is 35.2. The first-order valence-electron chi connectivity index (χ1n) is 17.9. The summed E-state index contributed by atoms with van der Waals surface area (Å²) in [6.45, 7) is 9.39. The molecule has 0 saturated heterocycles. The van der Waals surface area contributed by atoms with E-state index in [2.05, 4.69) is 42.3 Å². The van der Waals surface area contributed by atoms with E-state index >= 15 is 0 Å². The summed E-state index contributed by atoms with van der Waals surface area (Å²) in [5, 5.41) is 0. The van der Waals surface area contributed by atoms with Crippen LogP contribution >= 0.6 is 0 Å². The van der Waals surface area contributed by atoms with E-state index in [-0.39, 0.29) is 0 Å². The highest BCUT2D eigenvalue weighted by Gasteiger charge is 2.16. The molecule has 1 aromatic heterocycles. The SMILES string of the molecule is CCCCCCCCCCCCCCC[n+]1ccn(CCCCCCCC)c1CCCCCCCCCC. The Kier molecular flexibility index (Phi) is 25.7. The van der Waals surface area contributed by atoms with Gasteiger partial charge in [0, 0.05) is 6.42 Å². The third kappa shape index (κ3) is 20.2. The zero-order chi connectivity index (χ0) is 27.4. The largest absolute Gasteiger partial charge is 0.256 e. The molecule has 0 spiro atoms. The Hall–Kier alpha value is -0.790. The van der Waals surface area contributed by atoms with Gasteiger partial charge in [-0.1, -0.05) is 162 Å². The van der Waals surface area contributed by atoms with E-state index in [0.717, 1.165) is 0 Å². The van der Waals surface area contributed by atoms with Gasteiger partial charge in [0.15, 0.2) is 0 Å². The number of rotatable bonds is 30. The minimum Gasteiger partial charge on any atom is -0.234 e. The van der Waals surface area contributed by atoms with Crippen LogP contribution in [0, 0.1) is 0 Å². The fourth-order valence-electron chi connectivity index (χ4n) is 5.97. The van der Waals surface area contributed by atoms with Gasteiger partial charge in [-0.15, -0.1) is 0 Å². The fourth-order valence-corrected chi connectivity index (χ4v) is 5.97. The molecule has 0 saturated carbocycles. The summed E-state index contributed by atoms with van der Waals surface area (Å²) in [4.78, 5) is 0. The van der Waals surface area contributed by atoms with Crippen molar-refractivity contribution in [2.75, 3.05) is 0 Å². The minimum atomic E-state index is 1.23. The van der Waals surface area contributed by atoms with Crippen molar-refractivity contribution in [3.05, 3.63) is 18.2 Å². The monoisotopic (exact) mass is 532 g/mol. The van der Waals surface area contributed by atoms with E-state index in [9.17, 15) is 0 Å². The molecule has 2 heteroatoms. The molecule has 0 amide bonds. The van der Waals surface area contributed by atoms with Gasteiger partial charge in [-0.05, 0) is 32.1 Å². The van der Waals surface area contributed by atoms with Gasteiger partial charge in [0.2, 0.25) is 0 Å². The number of unbranched alkanes of at least 4 members (excludes halogenated alkanes) is 24. The number of imidazole rings is 1. The molecule has 0 atom stereocenters. The maximum atomic E-state index is 2.62. The number of hydrogen-bond donors (Lipinski definition) is 0. The van der Waals surface area contributed by atoms with E-state index in [1.54, 1.807) is 5.82 Å². The molecule has 0 N–H and O–H groups in total. The molecule has 0 bridgehead atoms. The normalized spacial score (nSPS) is 11.6. The van der Waals surface area contributed by atoms with Crippen LogP contribution in [0.1, 0.15) is 200 Å². The van der Waals surface area contributed by atoms with E-state index in [1.165, 1.54) is 193 Å². The molecule has 1 heterocycles. The molecule has 0 unspecified atom stereocenters. The highest BCUT2D eigenvalue weighted by Crippen LogP contribution is 2.14. The lowest BCUT2D eigenvalue weighted by molar-refractivity contribution is -0.704. The summed E-state index contributed by atoms with van der Waals surface area (Å²) in [7, 11) is 0. The molecular weight excluding hydrogens is 460 g/mol. The summed E-state index contributed by atoms with van der Waals surface area (Å²) in [6, 6.07) is 0. The van der Waals surface area contributed by atoms with Crippen molar-refractivity contribution in [3.63, 3.8) is 0 Å². The Bertz CT molecular complexity index is 590. The fraction of sp³-hybridized carbons (Fsp3) is 0.917. The number of aromatic nitrogens is 2. The Morgan fingerprint density at radius 1 is 0.447 bits per heavy atom. The van der Waals surface area contributed by atoms with Gasteiger partial charge in [0.25, 0.3) is 5.82 Å². The van der Waals surface area contributed by atoms with Gasteiger partial charge < -0.3 is 0 Å². The molecule has 0 radical (unpaired) electrons. The van der Waals surface area contributed by atoms with Gasteiger partial charge in [-0.2, -0.15) is 0 Å². The molecule has 1 aromatic rings. The Balaban J connectivity index is 2.27. The second-order valence-corrected chi connectivity index (χ2v) is 12.3. The molecule has 38 heavy (non-hydrogen) atoms. The van der Waals surface area contributed by atoms with Crippen LogP contribution < -0.4 is 4.57 Å². The Morgan fingerprint density at radius 2 is 0.816 bits per heavy atom. The molecule has 0 aromatic carbocycles. The van der Waals surface area contributed by atoms with Crippen molar-refractivity contribution < 1.29 is 4.57 Å². The highest BCUT2D eigenvalue weighted by molar-refractivity contribution is 4.84. The number of aryl methyl sites for hydroxylation is 2. The maximum absolute atomic E-state index is 2.62. The molecule has 0 aliphatic carbocycles. The average molecular weight is 532 g/mol. The van der Waals surface area contributed by atoms with Gasteiger partial charge in [-0.3, -0.25) is 0 Å². The van der Waals surface area contributed by atoms with Gasteiger partial charge in [0.1, 0.15) is 12.4 Å². The van der Waals surface area contributed by atoms with E-state index in [4.69, 9.17) is 0 Å². The third-order valence-corrected chi connectivity index (χ3v) is 8.60. The minimum absolute atomic E-state index is 1.23. The van der Waals surface area contributed by atoms with Crippen LogP contribution in [0.4, 0.5) is 0 Å². The van der Waals surface area contributed by atoms with E-state index in [0.29, 0.717) is 0 Å². The van der Waals surface area contributed by atoms with Gasteiger partial charge in [0.05, 0.1) is 13.1 Å². The molecular formula is C36H71N2+. The van der Waals surface area contributed by atoms with Crippen molar-refractivity contribution >= 4 is 0 Å². The average Bonchev–Trinajstić information content (AvgIpc) is 3.31. The molecule has 224 valence electrons. The van der Waals surface area contributed by atoms with Crippen LogP contribution in [-0.2, 0) is 19.5 Å². The Labute approximate surface area is 240 Å².